The Morgan fingerprint density at radius 1 is 1.17 bits per heavy atom. The molecule has 0 unspecified atom stereocenters. The highest BCUT2D eigenvalue weighted by atomic mass is 35.5. The normalized spacial score (nSPS) is 17.2. The molecule has 1 aliphatic heterocycles. The number of amides is 2. The number of hydrogen-bond donors (Lipinski definition) is 1. The molecule has 1 saturated heterocycles. The summed E-state index contributed by atoms with van der Waals surface area (Å²) in [5.74, 6) is -0.636. The smallest absolute Gasteiger partial charge is 0.229 e. The fraction of sp³-hybridized carbons (Fsp3) is 0.222. The quantitative estimate of drug-likeness (QED) is 0.884. The second kappa shape index (κ2) is 6.83. The highest BCUT2D eigenvalue weighted by molar-refractivity contribution is 6.42. The standard InChI is InChI=1S/C18H16Cl2N2O2/c1-11-4-2-3-5-16(11)22-10-12(8-17(22)23)18(24)21-13-6-7-14(19)15(20)9-13/h2-7,9,12H,8,10H2,1H3,(H,21,24)/t12-/m0/s1. The van der Waals surface area contributed by atoms with E-state index in [1.807, 2.05) is 31.2 Å². The number of nitrogens with one attached hydrogen (secondary N) is 1. The molecular formula is C18H16Cl2N2O2. The number of hydrogen-bond acceptors (Lipinski definition) is 2. The number of aryl methyl sites for hydroxylation is 1. The Kier molecular flexibility index (Phi) is 4.78. The van der Waals surface area contributed by atoms with Crippen LogP contribution < -0.4 is 10.2 Å². The predicted molar refractivity (Wildman–Crippen MR) is 96.7 cm³/mol. The minimum Gasteiger partial charge on any atom is -0.326 e. The van der Waals surface area contributed by atoms with Crippen LogP contribution in [-0.2, 0) is 9.59 Å². The number of carbonyl (C=O) groups is 2. The van der Waals surface area contributed by atoms with Crippen molar-refractivity contribution in [3.8, 4) is 0 Å². The topological polar surface area (TPSA) is 49.4 Å². The first-order chi connectivity index (χ1) is 11.5. The van der Waals surface area contributed by atoms with E-state index in [2.05, 4.69) is 5.32 Å². The highest BCUT2D eigenvalue weighted by Gasteiger charge is 2.35. The molecule has 1 fully saturated rings. The molecule has 0 aromatic heterocycles. The second-order valence-corrected chi connectivity index (χ2v) is 6.62. The first-order valence-corrected chi connectivity index (χ1v) is 8.33. The maximum atomic E-state index is 12.5. The Morgan fingerprint density at radius 3 is 2.62 bits per heavy atom. The molecule has 0 saturated carbocycles. The van der Waals surface area contributed by atoms with Gasteiger partial charge in [-0.25, -0.2) is 0 Å². The van der Waals surface area contributed by atoms with Crippen LogP contribution in [0.15, 0.2) is 42.5 Å². The molecule has 4 nitrogen and oxygen atoms in total. The number of para-hydroxylation sites is 1. The van der Waals surface area contributed by atoms with Crippen LogP contribution in [0.25, 0.3) is 0 Å². The molecule has 0 radical (unpaired) electrons. The van der Waals surface area contributed by atoms with E-state index in [1.165, 1.54) is 0 Å². The Labute approximate surface area is 150 Å². The first-order valence-electron chi connectivity index (χ1n) is 7.57. The molecule has 1 heterocycles. The predicted octanol–water partition coefficient (Wildman–Crippen LogP) is 4.29. The molecule has 0 spiro atoms. The number of anilines is 2. The minimum atomic E-state index is -0.397. The first kappa shape index (κ1) is 16.8. The summed E-state index contributed by atoms with van der Waals surface area (Å²) in [5, 5.41) is 3.60. The van der Waals surface area contributed by atoms with E-state index < -0.39 is 5.92 Å². The Balaban J connectivity index is 1.72. The van der Waals surface area contributed by atoms with Crippen LogP contribution in [0.4, 0.5) is 11.4 Å². The summed E-state index contributed by atoms with van der Waals surface area (Å²) < 4.78 is 0. The van der Waals surface area contributed by atoms with Gasteiger partial charge in [-0.2, -0.15) is 0 Å². The zero-order chi connectivity index (χ0) is 17.3. The molecule has 2 amide bonds. The van der Waals surface area contributed by atoms with Crippen LogP contribution >= 0.6 is 23.2 Å². The van der Waals surface area contributed by atoms with Gasteiger partial charge in [-0.05, 0) is 36.8 Å². The summed E-state index contributed by atoms with van der Waals surface area (Å²) in [4.78, 5) is 26.4. The van der Waals surface area contributed by atoms with Crippen LogP contribution in [-0.4, -0.2) is 18.4 Å². The van der Waals surface area contributed by atoms with Crippen molar-refractivity contribution >= 4 is 46.4 Å². The molecule has 2 aromatic rings. The summed E-state index contributed by atoms with van der Waals surface area (Å²) >= 11 is 11.8. The third-order valence-corrected chi connectivity index (χ3v) is 4.83. The van der Waals surface area contributed by atoms with Crippen molar-refractivity contribution in [3.63, 3.8) is 0 Å². The van der Waals surface area contributed by atoms with Gasteiger partial charge in [-0.1, -0.05) is 41.4 Å². The Bertz CT molecular complexity index is 807. The zero-order valence-electron chi connectivity index (χ0n) is 13.1. The zero-order valence-corrected chi connectivity index (χ0v) is 14.6. The Morgan fingerprint density at radius 2 is 1.92 bits per heavy atom. The van der Waals surface area contributed by atoms with Crippen molar-refractivity contribution in [2.75, 3.05) is 16.8 Å². The van der Waals surface area contributed by atoms with Gasteiger partial charge in [0.25, 0.3) is 0 Å². The number of halogens is 2. The van der Waals surface area contributed by atoms with Gasteiger partial charge in [0.05, 0.1) is 16.0 Å². The number of benzene rings is 2. The Hall–Kier alpha value is -2.04. The van der Waals surface area contributed by atoms with Gasteiger partial charge >= 0.3 is 0 Å². The molecule has 2 aromatic carbocycles. The van der Waals surface area contributed by atoms with Crippen LogP contribution in [0.5, 0.6) is 0 Å². The largest absolute Gasteiger partial charge is 0.326 e. The van der Waals surface area contributed by atoms with Crippen molar-refractivity contribution in [3.05, 3.63) is 58.1 Å². The SMILES string of the molecule is Cc1ccccc1N1C[C@@H](C(=O)Nc2ccc(Cl)c(Cl)c2)CC1=O. The molecule has 3 rings (SSSR count). The van der Waals surface area contributed by atoms with E-state index in [0.29, 0.717) is 22.3 Å². The van der Waals surface area contributed by atoms with E-state index in [0.717, 1.165) is 11.3 Å². The van der Waals surface area contributed by atoms with E-state index in [9.17, 15) is 9.59 Å². The summed E-state index contributed by atoms with van der Waals surface area (Å²) in [6.07, 6.45) is 0.196. The minimum absolute atomic E-state index is 0.0430. The lowest BCUT2D eigenvalue weighted by Gasteiger charge is -2.19. The summed E-state index contributed by atoms with van der Waals surface area (Å²) in [6, 6.07) is 12.6. The van der Waals surface area contributed by atoms with E-state index >= 15 is 0 Å². The maximum absolute atomic E-state index is 12.5. The molecule has 1 aliphatic rings. The number of carbonyl (C=O) groups excluding carboxylic acids is 2. The average molecular weight is 363 g/mol. The molecule has 124 valence electrons. The van der Waals surface area contributed by atoms with Crippen molar-refractivity contribution in [2.45, 2.75) is 13.3 Å². The van der Waals surface area contributed by atoms with Gasteiger partial charge in [0.2, 0.25) is 11.8 Å². The van der Waals surface area contributed by atoms with Crippen molar-refractivity contribution in [1.29, 1.82) is 0 Å². The van der Waals surface area contributed by atoms with E-state index in [-0.39, 0.29) is 18.2 Å². The highest BCUT2D eigenvalue weighted by Crippen LogP contribution is 2.29. The molecule has 24 heavy (non-hydrogen) atoms. The summed E-state index contributed by atoms with van der Waals surface area (Å²) in [6.45, 7) is 2.32. The number of rotatable bonds is 3. The average Bonchev–Trinajstić information content (AvgIpc) is 2.93. The lowest BCUT2D eigenvalue weighted by Crippen LogP contribution is -2.28. The second-order valence-electron chi connectivity index (χ2n) is 5.81. The molecule has 0 aliphatic carbocycles. The van der Waals surface area contributed by atoms with Crippen molar-refractivity contribution in [2.24, 2.45) is 5.92 Å². The monoisotopic (exact) mass is 362 g/mol. The molecule has 1 N–H and O–H groups in total. The molecule has 6 heteroatoms. The third kappa shape index (κ3) is 3.40. The number of nitrogens with zero attached hydrogens (tertiary/aromatic N) is 1. The molecule has 0 bridgehead atoms. The van der Waals surface area contributed by atoms with Gasteiger partial charge in [0.15, 0.2) is 0 Å². The van der Waals surface area contributed by atoms with Gasteiger partial charge in [-0.3, -0.25) is 9.59 Å². The van der Waals surface area contributed by atoms with Gasteiger partial charge < -0.3 is 10.2 Å². The van der Waals surface area contributed by atoms with Gasteiger partial charge in [-0.15, -0.1) is 0 Å². The van der Waals surface area contributed by atoms with Gasteiger partial charge in [0.1, 0.15) is 0 Å². The van der Waals surface area contributed by atoms with Crippen LogP contribution in [0.1, 0.15) is 12.0 Å². The fourth-order valence-electron chi connectivity index (χ4n) is 2.80. The van der Waals surface area contributed by atoms with Gasteiger partial charge in [0, 0.05) is 24.3 Å². The van der Waals surface area contributed by atoms with Crippen LogP contribution in [0.2, 0.25) is 10.0 Å². The molecular weight excluding hydrogens is 347 g/mol. The summed E-state index contributed by atoms with van der Waals surface area (Å²) in [7, 11) is 0. The lowest BCUT2D eigenvalue weighted by molar-refractivity contribution is -0.122. The molecule has 1 atom stereocenters. The fourth-order valence-corrected chi connectivity index (χ4v) is 3.10. The third-order valence-electron chi connectivity index (χ3n) is 4.09. The summed E-state index contributed by atoms with van der Waals surface area (Å²) in [5.41, 5.74) is 2.43. The van der Waals surface area contributed by atoms with Crippen LogP contribution in [0.3, 0.4) is 0 Å². The maximum Gasteiger partial charge on any atom is 0.229 e. The van der Waals surface area contributed by atoms with Crippen LogP contribution in [0, 0.1) is 12.8 Å². The van der Waals surface area contributed by atoms with E-state index in [4.69, 9.17) is 23.2 Å². The van der Waals surface area contributed by atoms with Crippen molar-refractivity contribution < 1.29 is 9.59 Å². The van der Waals surface area contributed by atoms with Crippen molar-refractivity contribution in [1.82, 2.24) is 0 Å². The van der Waals surface area contributed by atoms with E-state index in [1.54, 1.807) is 23.1 Å². The lowest BCUT2D eigenvalue weighted by atomic mass is 10.1.